The molecule has 3 aromatic carbocycles. The summed E-state index contributed by atoms with van der Waals surface area (Å²) in [4.78, 5) is 44.6. The first-order valence-corrected chi connectivity index (χ1v) is 12.3. The lowest BCUT2D eigenvalue weighted by atomic mass is 9.76. The zero-order valence-electron chi connectivity index (χ0n) is 20.0. The summed E-state index contributed by atoms with van der Waals surface area (Å²) < 4.78 is 0. The molecule has 4 unspecified atom stereocenters. The summed E-state index contributed by atoms with van der Waals surface area (Å²) in [6.45, 7) is 2.49. The fourth-order valence-electron chi connectivity index (χ4n) is 6.13. The molecular weight excluding hydrogens is 450 g/mol. The topological polar surface area (TPSA) is 69.7 Å². The number of nitrogens with zero attached hydrogens (tertiary/aromatic N) is 2. The second-order valence-corrected chi connectivity index (χ2v) is 9.74. The summed E-state index contributed by atoms with van der Waals surface area (Å²) >= 11 is 0. The van der Waals surface area contributed by atoms with E-state index in [0.717, 1.165) is 22.4 Å². The van der Waals surface area contributed by atoms with Crippen LogP contribution in [0.3, 0.4) is 0 Å². The van der Waals surface area contributed by atoms with Gasteiger partial charge in [0.15, 0.2) is 0 Å². The molecule has 0 bridgehead atoms. The SMILES string of the molecule is CC1NC2(C(=O)N(CC=Cc3ccccc3)c3ccccc32)C2C(=O)N(Cc3ccccc3)C(=O)C12. The van der Waals surface area contributed by atoms with Gasteiger partial charge in [-0.25, -0.2) is 0 Å². The second kappa shape index (κ2) is 8.57. The van der Waals surface area contributed by atoms with Crippen molar-refractivity contribution >= 4 is 29.5 Å². The van der Waals surface area contributed by atoms with Gasteiger partial charge in [0, 0.05) is 23.8 Å². The smallest absolute Gasteiger partial charge is 0.253 e. The Morgan fingerprint density at radius 3 is 2.25 bits per heavy atom. The van der Waals surface area contributed by atoms with Crippen molar-refractivity contribution in [1.82, 2.24) is 10.2 Å². The van der Waals surface area contributed by atoms with Crippen molar-refractivity contribution in [3.05, 3.63) is 108 Å². The minimum atomic E-state index is -1.25. The van der Waals surface area contributed by atoms with Crippen LogP contribution in [0.5, 0.6) is 0 Å². The summed E-state index contributed by atoms with van der Waals surface area (Å²) in [7, 11) is 0. The summed E-state index contributed by atoms with van der Waals surface area (Å²) in [5.74, 6) is -2.03. The van der Waals surface area contributed by atoms with Gasteiger partial charge in [-0.15, -0.1) is 0 Å². The van der Waals surface area contributed by atoms with Crippen LogP contribution in [0, 0.1) is 11.8 Å². The van der Waals surface area contributed by atoms with E-state index in [1.807, 2.05) is 104 Å². The molecule has 0 aliphatic carbocycles. The van der Waals surface area contributed by atoms with E-state index in [9.17, 15) is 14.4 Å². The first kappa shape index (κ1) is 22.4. The van der Waals surface area contributed by atoms with E-state index in [1.165, 1.54) is 4.90 Å². The Labute approximate surface area is 210 Å². The van der Waals surface area contributed by atoms with Crippen LogP contribution in [0.1, 0.15) is 23.6 Å². The third-order valence-corrected chi connectivity index (χ3v) is 7.69. The van der Waals surface area contributed by atoms with E-state index in [1.54, 1.807) is 4.90 Å². The van der Waals surface area contributed by atoms with Gasteiger partial charge in [0.2, 0.25) is 11.8 Å². The Morgan fingerprint density at radius 2 is 1.50 bits per heavy atom. The quantitative estimate of drug-likeness (QED) is 0.569. The molecule has 2 saturated heterocycles. The first-order chi connectivity index (χ1) is 17.5. The number of hydrogen-bond acceptors (Lipinski definition) is 4. The number of carbonyl (C=O) groups excluding carboxylic acids is 3. The van der Waals surface area contributed by atoms with Crippen molar-refractivity contribution in [2.45, 2.75) is 25.0 Å². The fraction of sp³-hybridized carbons (Fsp3) is 0.233. The summed E-state index contributed by atoms with van der Waals surface area (Å²) in [5.41, 5.74) is 2.24. The third kappa shape index (κ3) is 3.25. The molecule has 180 valence electrons. The van der Waals surface area contributed by atoms with Crippen molar-refractivity contribution in [3.63, 3.8) is 0 Å². The maximum Gasteiger partial charge on any atom is 0.253 e. The van der Waals surface area contributed by atoms with Gasteiger partial charge in [-0.2, -0.15) is 0 Å². The Hall–Kier alpha value is -4.03. The standard InChI is InChI=1S/C30H27N3O3/c1-20-25-26(28(35)33(27(25)34)19-22-13-6-3-7-14-22)30(31-20)23-16-8-9-17-24(23)32(29(30)36)18-10-15-21-11-4-2-5-12-21/h2-17,20,25-26,31H,18-19H2,1H3. The molecule has 1 spiro atoms. The number of rotatable bonds is 5. The maximum absolute atomic E-state index is 14.2. The van der Waals surface area contributed by atoms with Gasteiger partial charge < -0.3 is 4.90 Å². The Morgan fingerprint density at radius 1 is 0.833 bits per heavy atom. The lowest BCUT2D eigenvalue weighted by molar-refractivity contribution is -0.143. The molecule has 36 heavy (non-hydrogen) atoms. The minimum absolute atomic E-state index is 0.177. The average molecular weight is 478 g/mol. The molecule has 1 N–H and O–H groups in total. The molecule has 6 nitrogen and oxygen atoms in total. The zero-order valence-corrected chi connectivity index (χ0v) is 20.0. The Balaban J connectivity index is 1.36. The number of imide groups is 1. The summed E-state index contributed by atoms with van der Waals surface area (Å²) in [5, 5.41) is 3.44. The third-order valence-electron chi connectivity index (χ3n) is 7.69. The lowest BCUT2D eigenvalue weighted by Crippen LogP contribution is -2.54. The van der Waals surface area contributed by atoms with E-state index in [2.05, 4.69) is 5.32 Å². The molecule has 3 amide bonds. The van der Waals surface area contributed by atoms with Crippen LogP contribution in [0.4, 0.5) is 5.69 Å². The van der Waals surface area contributed by atoms with Gasteiger partial charge in [0.05, 0.1) is 18.4 Å². The molecule has 3 aliphatic heterocycles. The molecule has 0 aromatic heterocycles. The highest BCUT2D eigenvalue weighted by atomic mass is 16.2. The van der Waals surface area contributed by atoms with Gasteiger partial charge in [0.25, 0.3) is 5.91 Å². The van der Waals surface area contributed by atoms with Crippen LogP contribution in [0.25, 0.3) is 6.08 Å². The van der Waals surface area contributed by atoms with Crippen molar-refractivity contribution in [1.29, 1.82) is 0 Å². The van der Waals surface area contributed by atoms with Crippen LogP contribution in [-0.2, 0) is 26.5 Å². The number of fused-ring (bicyclic) bond motifs is 4. The van der Waals surface area contributed by atoms with Crippen molar-refractivity contribution in [2.24, 2.45) is 11.8 Å². The molecule has 4 atom stereocenters. The predicted molar refractivity (Wildman–Crippen MR) is 138 cm³/mol. The first-order valence-electron chi connectivity index (χ1n) is 12.3. The number of carbonyl (C=O) groups is 3. The largest absolute Gasteiger partial charge is 0.306 e. The van der Waals surface area contributed by atoms with Crippen molar-refractivity contribution < 1.29 is 14.4 Å². The zero-order chi connectivity index (χ0) is 24.9. The normalized spacial score (nSPS) is 26.9. The molecule has 0 radical (unpaired) electrons. The Kier molecular flexibility index (Phi) is 5.34. The molecule has 3 heterocycles. The van der Waals surface area contributed by atoms with E-state index in [-0.39, 0.29) is 30.3 Å². The number of amides is 3. The van der Waals surface area contributed by atoms with Crippen LogP contribution < -0.4 is 10.2 Å². The monoisotopic (exact) mass is 477 g/mol. The average Bonchev–Trinajstić information content (AvgIpc) is 3.44. The molecule has 6 rings (SSSR count). The summed E-state index contributed by atoms with van der Waals surface area (Å²) in [6, 6.07) is 26.7. The molecular formula is C30H27N3O3. The fourth-order valence-corrected chi connectivity index (χ4v) is 6.13. The number of benzene rings is 3. The second-order valence-electron chi connectivity index (χ2n) is 9.74. The van der Waals surface area contributed by atoms with E-state index >= 15 is 0 Å². The lowest BCUT2D eigenvalue weighted by Gasteiger charge is -2.30. The van der Waals surface area contributed by atoms with Gasteiger partial charge in [-0.05, 0) is 24.1 Å². The highest BCUT2D eigenvalue weighted by Gasteiger charge is 2.70. The van der Waals surface area contributed by atoms with E-state index < -0.39 is 17.4 Å². The molecule has 3 aromatic rings. The van der Waals surface area contributed by atoms with Crippen LogP contribution in [0.2, 0.25) is 0 Å². The number of hydrogen-bond donors (Lipinski definition) is 1. The minimum Gasteiger partial charge on any atom is -0.306 e. The molecule has 0 saturated carbocycles. The van der Waals surface area contributed by atoms with Crippen LogP contribution in [-0.4, -0.2) is 35.2 Å². The number of nitrogens with one attached hydrogen (secondary N) is 1. The van der Waals surface area contributed by atoms with Crippen molar-refractivity contribution in [3.8, 4) is 0 Å². The molecule has 2 fully saturated rings. The van der Waals surface area contributed by atoms with E-state index in [4.69, 9.17) is 0 Å². The van der Waals surface area contributed by atoms with Crippen molar-refractivity contribution in [2.75, 3.05) is 11.4 Å². The van der Waals surface area contributed by atoms with E-state index in [0.29, 0.717) is 6.54 Å². The van der Waals surface area contributed by atoms with Gasteiger partial charge >= 0.3 is 0 Å². The highest BCUT2D eigenvalue weighted by Crippen LogP contribution is 2.54. The number of para-hydroxylation sites is 1. The van der Waals surface area contributed by atoms with Gasteiger partial charge in [-0.3, -0.25) is 24.6 Å². The Bertz CT molecular complexity index is 1370. The van der Waals surface area contributed by atoms with Crippen LogP contribution >= 0.6 is 0 Å². The molecule has 6 heteroatoms. The maximum atomic E-state index is 14.2. The van der Waals surface area contributed by atoms with Crippen LogP contribution in [0.15, 0.2) is 91.0 Å². The number of likely N-dealkylation sites (tertiary alicyclic amines) is 1. The van der Waals surface area contributed by atoms with Gasteiger partial charge in [-0.1, -0.05) is 91.0 Å². The predicted octanol–water partition coefficient (Wildman–Crippen LogP) is 3.74. The number of anilines is 1. The highest BCUT2D eigenvalue weighted by molar-refractivity contribution is 6.16. The van der Waals surface area contributed by atoms with Gasteiger partial charge in [0.1, 0.15) is 5.54 Å². The summed E-state index contributed by atoms with van der Waals surface area (Å²) in [6.07, 6.45) is 3.95. The molecule has 3 aliphatic rings.